The normalized spacial score (nSPS) is 11.7. The van der Waals surface area contributed by atoms with Crippen LogP contribution in [0.1, 0.15) is 11.1 Å². The summed E-state index contributed by atoms with van der Waals surface area (Å²) in [6, 6.07) is 16.3. The Morgan fingerprint density at radius 1 is 0.895 bits per heavy atom. The van der Waals surface area contributed by atoms with Crippen molar-refractivity contribution in [3.05, 3.63) is 65.7 Å². The van der Waals surface area contributed by atoms with Crippen molar-refractivity contribution in [3.63, 3.8) is 0 Å². The van der Waals surface area contributed by atoms with E-state index in [0.29, 0.717) is 5.56 Å². The van der Waals surface area contributed by atoms with Gasteiger partial charge in [0.05, 0.1) is 0 Å². The van der Waals surface area contributed by atoms with Crippen LogP contribution in [-0.2, 0) is 4.57 Å². The standard InChI is InChI=1S/C14H13O4P/c15-19(16,17)18-14-9-5-4-8-13(14)11-10-12-6-2-1-3-7-12/h1-11H,(H2,15,16,17)/b11-10+. The van der Waals surface area contributed by atoms with E-state index in [1.54, 1.807) is 24.3 Å². The molecule has 0 aliphatic carbocycles. The van der Waals surface area contributed by atoms with Gasteiger partial charge in [0, 0.05) is 5.56 Å². The maximum Gasteiger partial charge on any atom is 0.524 e. The number of para-hydroxylation sites is 1. The molecule has 0 aliphatic rings. The average Bonchev–Trinajstić information content (AvgIpc) is 2.37. The van der Waals surface area contributed by atoms with Gasteiger partial charge in [-0.15, -0.1) is 0 Å². The van der Waals surface area contributed by atoms with E-state index in [-0.39, 0.29) is 5.75 Å². The fraction of sp³-hybridized carbons (Fsp3) is 0. The monoisotopic (exact) mass is 276 g/mol. The minimum atomic E-state index is -4.54. The Balaban J connectivity index is 2.26. The van der Waals surface area contributed by atoms with Crippen LogP contribution in [0, 0.1) is 0 Å². The van der Waals surface area contributed by atoms with E-state index < -0.39 is 7.82 Å². The molecular weight excluding hydrogens is 263 g/mol. The van der Waals surface area contributed by atoms with Crippen LogP contribution < -0.4 is 4.52 Å². The van der Waals surface area contributed by atoms with Crippen molar-refractivity contribution in [2.24, 2.45) is 0 Å². The van der Waals surface area contributed by atoms with E-state index in [9.17, 15) is 4.57 Å². The molecule has 0 spiro atoms. The summed E-state index contributed by atoms with van der Waals surface area (Å²) in [5.74, 6) is 0.156. The number of phosphoric ester groups is 1. The Hall–Kier alpha value is -1.87. The Labute approximate surface area is 111 Å². The molecule has 2 aromatic rings. The van der Waals surface area contributed by atoms with Crippen molar-refractivity contribution in [2.45, 2.75) is 0 Å². The van der Waals surface area contributed by atoms with Gasteiger partial charge in [0.25, 0.3) is 0 Å². The van der Waals surface area contributed by atoms with Gasteiger partial charge in [-0.1, -0.05) is 60.7 Å². The van der Waals surface area contributed by atoms with Gasteiger partial charge in [0.15, 0.2) is 0 Å². The molecule has 2 rings (SSSR count). The van der Waals surface area contributed by atoms with E-state index in [1.807, 2.05) is 36.4 Å². The van der Waals surface area contributed by atoms with Crippen molar-refractivity contribution in [1.29, 1.82) is 0 Å². The molecule has 5 heteroatoms. The van der Waals surface area contributed by atoms with Gasteiger partial charge in [-0.3, -0.25) is 9.79 Å². The lowest BCUT2D eigenvalue weighted by Gasteiger charge is -2.09. The Bertz CT molecular complexity index is 616. The Kier molecular flexibility index (Phi) is 4.17. The number of phosphoric acid groups is 1. The maximum atomic E-state index is 10.9. The molecule has 98 valence electrons. The predicted molar refractivity (Wildman–Crippen MR) is 74.5 cm³/mol. The second-order valence-corrected chi connectivity index (χ2v) is 5.03. The second kappa shape index (κ2) is 5.85. The highest BCUT2D eigenvalue weighted by Gasteiger charge is 2.17. The first kappa shape index (κ1) is 13.6. The van der Waals surface area contributed by atoms with Crippen LogP contribution in [0.5, 0.6) is 5.75 Å². The molecule has 2 N–H and O–H groups in total. The topological polar surface area (TPSA) is 66.8 Å². The third kappa shape index (κ3) is 4.38. The van der Waals surface area contributed by atoms with Gasteiger partial charge in [0.1, 0.15) is 5.75 Å². The fourth-order valence-electron chi connectivity index (χ4n) is 1.58. The minimum Gasteiger partial charge on any atom is -0.404 e. The summed E-state index contributed by atoms with van der Waals surface area (Å²) in [6.07, 6.45) is 3.60. The molecule has 0 aliphatic heterocycles. The highest BCUT2D eigenvalue weighted by molar-refractivity contribution is 7.46. The quantitative estimate of drug-likeness (QED) is 0.664. The van der Waals surface area contributed by atoms with Crippen LogP contribution in [0.15, 0.2) is 54.6 Å². The van der Waals surface area contributed by atoms with Crippen LogP contribution in [0.25, 0.3) is 12.2 Å². The summed E-state index contributed by atoms with van der Waals surface area (Å²) in [7, 11) is -4.54. The molecule has 2 aromatic carbocycles. The number of hydrogen-bond donors (Lipinski definition) is 2. The number of benzene rings is 2. The lowest BCUT2D eigenvalue weighted by atomic mass is 10.1. The van der Waals surface area contributed by atoms with Gasteiger partial charge in [-0.05, 0) is 11.6 Å². The number of rotatable bonds is 4. The van der Waals surface area contributed by atoms with Gasteiger partial charge in [-0.2, -0.15) is 0 Å². The molecule has 0 saturated carbocycles. The van der Waals surface area contributed by atoms with Gasteiger partial charge in [-0.25, -0.2) is 4.57 Å². The minimum absolute atomic E-state index is 0.156. The zero-order chi connectivity index (χ0) is 13.7. The van der Waals surface area contributed by atoms with Gasteiger partial charge >= 0.3 is 7.82 Å². The molecule has 0 unspecified atom stereocenters. The predicted octanol–water partition coefficient (Wildman–Crippen LogP) is 3.33. The van der Waals surface area contributed by atoms with E-state index in [0.717, 1.165) is 5.56 Å². The Morgan fingerprint density at radius 3 is 2.21 bits per heavy atom. The molecule has 0 fully saturated rings. The van der Waals surface area contributed by atoms with Crippen molar-refractivity contribution in [3.8, 4) is 5.75 Å². The molecule has 0 atom stereocenters. The third-order valence-corrected chi connectivity index (χ3v) is 2.83. The van der Waals surface area contributed by atoms with E-state index >= 15 is 0 Å². The summed E-state index contributed by atoms with van der Waals surface area (Å²) in [4.78, 5) is 17.7. The van der Waals surface area contributed by atoms with Crippen LogP contribution in [-0.4, -0.2) is 9.79 Å². The molecule has 0 bridgehead atoms. The van der Waals surface area contributed by atoms with Crippen molar-refractivity contribution < 1.29 is 18.9 Å². The van der Waals surface area contributed by atoms with Gasteiger partial charge in [0.2, 0.25) is 0 Å². The van der Waals surface area contributed by atoms with E-state index in [2.05, 4.69) is 4.52 Å². The molecule has 0 amide bonds. The van der Waals surface area contributed by atoms with Gasteiger partial charge < -0.3 is 4.52 Å². The zero-order valence-corrected chi connectivity index (χ0v) is 10.9. The molecule has 0 heterocycles. The molecule has 0 radical (unpaired) electrons. The average molecular weight is 276 g/mol. The first-order valence-corrected chi connectivity index (χ1v) is 7.15. The van der Waals surface area contributed by atoms with Crippen LogP contribution >= 0.6 is 7.82 Å². The zero-order valence-electron chi connectivity index (χ0n) is 10.0. The van der Waals surface area contributed by atoms with E-state index in [4.69, 9.17) is 9.79 Å². The lowest BCUT2D eigenvalue weighted by molar-refractivity contribution is 0.283. The largest absolute Gasteiger partial charge is 0.524 e. The Morgan fingerprint density at radius 2 is 1.53 bits per heavy atom. The highest BCUT2D eigenvalue weighted by atomic mass is 31.2. The lowest BCUT2D eigenvalue weighted by Crippen LogP contribution is -1.92. The summed E-state index contributed by atoms with van der Waals surface area (Å²) in [6.45, 7) is 0. The molecule has 0 saturated heterocycles. The van der Waals surface area contributed by atoms with E-state index in [1.165, 1.54) is 6.07 Å². The van der Waals surface area contributed by atoms with Crippen molar-refractivity contribution in [2.75, 3.05) is 0 Å². The maximum absolute atomic E-state index is 10.9. The van der Waals surface area contributed by atoms with Crippen molar-refractivity contribution in [1.82, 2.24) is 0 Å². The summed E-state index contributed by atoms with van der Waals surface area (Å²) in [5, 5.41) is 0. The first-order valence-electron chi connectivity index (χ1n) is 5.62. The third-order valence-electron chi connectivity index (χ3n) is 2.39. The van der Waals surface area contributed by atoms with Crippen LogP contribution in [0.3, 0.4) is 0 Å². The summed E-state index contributed by atoms with van der Waals surface area (Å²) in [5.41, 5.74) is 1.60. The summed E-state index contributed by atoms with van der Waals surface area (Å²) < 4.78 is 15.5. The smallest absolute Gasteiger partial charge is 0.404 e. The molecule has 0 aromatic heterocycles. The SMILES string of the molecule is O=P(O)(O)Oc1ccccc1/C=C/c1ccccc1. The molecule has 4 nitrogen and oxygen atoms in total. The van der Waals surface area contributed by atoms with Crippen LogP contribution in [0.4, 0.5) is 0 Å². The van der Waals surface area contributed by atoms with Crippen molar-refractivity contribution >= 4 is 20.0 Å². The summed E-state index contributed by atoms with van der Waals surface area (Å²) >= 11 is 0. The highest BCUT2D eigenvalue weighted by Crippen LogP contribution is 2.39. The second-order valence-electron chi connectivity index (χ2n) is 3.86. The van der Waals surface area contributed by atoms with Crippen LogP contribution in [0.2, 0.25) is 0 Å². The molecule has 19 heavy (non-hydrogen) atoms. The fourth-order valence-corrected chi connectivity index (χ4v) is 2.00. The first-order chi connectivity index (χ1) is 9.04. The molecular formula is C14H13O4P. The number of hydrogen-bond acceptors (Lipinski definition) is 2.